The highest BCUT2D eigenvalue weighted by molar-refractivity contribution is 7.93. The average Bonchev–Trinajstić information content (AvgIpc) is 3.82. The predicted octanol–water partition coefficient (Wildman–Crippen LogP) is 4.98. The van der Waals surface area contributed by atoms with E-state index in [9.17, 15) is 50.2 Å². The maximum atomic E-state index is 13.3. The van der Waals surface area contributed by atoms with Crippen molar-refractivity contribution in [1.29, 1.82) is 0 Å². The Hall–Kier alpha value is -7.13. The van der Waals surface area contributed by atoms with Gasteiger partial charge in [-0.25, -0.2) is 49.4 Å². The van der Waals surface area contributed by atoms with Gasteiger partial charge in [-0.05, 0) is 84.9 Å². The molecule has 2 amide bonds. The van der Waals surface area contributed by atoms with Gasteiger partial charge in [0.2, 0.25) is 0 Å². The van der Waals surface area contributed by atoms with E-state index in [1.165, 1.54) is 45.8 Å². The number of rotatable bonds is 12. The Morgan fingerprint density at radius 1 is 0.574 bits per heavy atom. The van der Waals surface area contributed by atoms with Crippen molar-refractivity contribution in [3.05, 3.63) is 132 Å². The van der Waals surface area contributed by atoms with Gasteiger partial charge >= 0.3 is 18.0 Å². The molecule has 4 aromatic carbocycles. The maximum absolute atomic E-state index is 13.3. The van der Waals surface area contributed by atoms with Crippen molar-refractivity contribution in [3.8, 4) is 11.4 Å². The summed E-state index contributed by atoms with van der Waals surface area (Å²) in [5.74, 6) is -4.11. The molecule has 276 valence electrons. The van der Waals surface area contributed by atoms with E-state index in [1.54, 1.807) is 0 Å². The third-order valence-electron chi connectivity index (χ3n) is 7.43. The zero-order valence-electron chi connectivity index (χ0n) is 27.0. The van der Waals surface area contributed by atoms with Crippen molar-refractivity contribution < 1.29 is 50.2 Å². The first-order valence-corrected chi connectivity index (χ1v) is 18.0. The normalized spacial score (nSPS) is 11.4. The van der Waals surface area contributed by atoms with Crippen LogP contribution >= 0.6 is 0 Å². The van der Waals surface area contributed by atoms with E-state index in [-0.39, 0.29) is 32.5 Å². The van der Waals surface area contributed by atoms with Crippen molar-refractivity contribution in [3.63, 3.8) is 0 Å². The van der Waals surface area contributed by atoms with Crippen LogP contribution in [0.3, 0.4) is 0 Å². The van der Waals surface area contributed by atoms with Crippen LogP contribution in [0, 0.1) is 11.6 Å². The fourth-order valence-electron chi connectivity index (χ4n) is 4.84. The molecule has 0 bridgehead atoms. The number of hydrogen-bond acceptors (Lipinski definition) is 9. The quantitative estimate of drug-likeness (QED) is 0.0968. The molecule has 0 saturated carbocycles. The molecule has 2 aromatic heterocycles. The lowest BCUT2D eigenvalue weighted by atomic mass is 10.1. The number of carboxylic acids is 2. The van der Waals surface area contributed by atoms with Gasteiger partial charge in [0.15, 0.2) is 0 Å². The minimum Gasteiger partial charge on any atom is -0.478 e. The van der Waals surface area contributed by atoms with Gasteiger partial charge in [0, 0.05) is 11.4 Å². The summed E-state index contributed by atoms with van der Waals surface area (Å²) in [7, 11) is -8.74. The van der Waals surface area contributed by atoms with Crippen molar-refractivity contribution >= 4 is 60.8 Å². The minimum atomic E-state index is -4.37. The number of nitrogens with one attached hydrogen (secondary N) is 4. The fourth-order valence-corrected chi connectivity index (χ4v) is 6.86. The molecule has 6 N–H and O–H groups in total. The Morgan fingerprint density at radius 3 is 1.30 bits per heavy atom. The predicted molar refractivity (Wildman–Crippen MR) is 188 cm³/mol. The number of aromatic carboxylic acids is 2. The molecule has 0 aliphatic carbocycles. The van der Waals surface area contributed by atoms with Crippen LogP contribution in [0.5, 0.6) is 0 Å². The molecule has 6 aromatic rings. The van der Waals surface area contributed by atoms with E-state index in [0.717, 1.165) is 73.3 Å². The molecule has 21 heteroatoms. The summed E-state index contributed by atoms with van der Waals surface area (Å²) in [6.45, 7) is 0. The summed E-state index contributed by atoms with van der Waals surface area (Å²) in [5, 5.41) is 32.2. The van der Waals surface area contributed by atoms with Crippen molar-refractivity contribution in [2.45, 2.75) is 9.79 Å². The second-order valence-electron chi connectivity index (χ2n) is 11.1. The Bertz CT molecular complexity index is 2470. The molecule has 0 radical (unpaired) electrons. The van der Waals surface area contributed by atoms with E-state index < -0.39 is 60.8 Å². The standard InChI is InChI=1S/C33H24F2N8O9S2/c34-19-1-7-23(8-2-19)42-17-25(15-36-42)53(49,50)40-29-11-5-21(13-27(29)31(44)45)38-33(48)39-22-6-12-30(28(14-22)32(46)47)41-54(51,52)26-16-37-43(18-26)24-9-3-20(35)4-10-24/h1-18,40-41H,(H,44,45)(H,46,47)(H2,38,39,48). The summed E-state index contributed by atoms with van der Waals surface area (Å²) < 4.78 is 85.5. The number of sulfonamides is 2. The molecule has 0 saturated heterocycles. The summed E-state index contributed by atoms with van der Waals surface area (Å²) in [6.07, 6.45) is 4.30. The molecule has 54 heavy (non-hydrogen) atoms. The van der Waals surface area contributed by atoms with Gasteiger partial charge in [-0.1, -0.05) is 0 Å². The lowest BCUT2D eigenvalue weighted by Gasteiger charge is -2.14. The molecule has 0 fully saturated rings. The number of carboxylic acid groups (broad SMARTS) is 2. The second kappa shape index (κ2) is 14.5. The number of halogens is 2. The number of urea groups is 1. The summed E-state index contributed by atoms with van der Waals surface area (Å²) in [5.41, 5.74) is -1.26. The SMILES string of the molecule is O=C(Nc1ccc(NS(=O)(=O)c2cnn(-c3ccc(F)cc3)c2)c(C(=O)O)c1)Nc1ccc(NS(=O)(=O)c2cnn(-c3ccc(F)cc3)c2)c(C(=O)O)c1. The molecule has 0 atom stereocenters. The Labute approximate surface area is 303 Å². The highest BCUT2D eigenvalue weighted by atomic mass is 32.2. The monoisotopic (exact) mass is 778 g/mol. The Kier molecular flexibility index (Phi) is 9.83. The minimum absolute atomic E-state index is 0.0963. The van der Waals surface area contributed by atoms with E-state index >= 15 is 0 Å². The van der Waals surface area contributed by atoms with Gasteiger partial charge in [0.1, 0.15) is 21.4 Å². The van der Waals surface area contributed by atoms with Gasteiger partial charge in [-0.3, -0.25) is 9.44 Å². The number of nitrogens with zero attached hydrogens (tertiary/aromatic N) is 4. The van der Waals surface area contributed by atoms with Crippen LogP contribution in [0.2, 0.25) is 0 Å². The van der Waals surface area contributed by atoms with Crippen LogP contribution in [0.4, 0.5) is 36.3 Å². The largest absolute Gasteiger partial charge is 0.478 e. The van der Waals surface area contributed by atoms with Gasteiger partial charge in [0.25, 0.3) is 20.0 Å². The molecule has 0 unspecified atom stereocenters. The van der Waals surface area contributed by atoms with E-state index in [0.29, 0.717) is 11.4 Å². The van der Waals surface area contributed by atoms with Gasteiger partial charge in [-0.2, -0.15) is 10.2 Å². The highest BCUT2D eigenvalue weighted by Crippen LogP contribution is 2.27. The smallest absolute Gasteiger partial charge is 0.337 e. The third-order valence-corrected chi connectivity index (χ3v) is 10.1. The highest BCUT2D eigenvalue weighted by Gasteiger charge is 2.23. The van der Waals surface area contributed by atoms with Crippen LogP contribution in [-0.2, 0) is 20.0 Å². The maximum Gasteiger partial charge on any atom is 0.337 e. The third kappa shape index (κ3) is 8.16. The Morgan fingerprint density at radius 2 is 0.944 bits per heavy atom. The van der Waals surface area contributed by atoms with Crippen LogP contribution in [0.15, 0.2) is 120 Å². The zero-order chi connectivity index (χ0) is 38.8. The van der Waals surface area contributed by atoms with E-state index in [2.05, 4.69) is 30.3 Å². The molecule has 17 nitrogen and oxygen atoms in total. The summed E-state index contributed by atoms with van der Waals surface area (Å²) in [4.78, 5) is 36.3. The van der Waals surface area contributed by atoms with Gasteiger partial charge < -0.3 is 20.8 Å². The van der Waals surface area contributed by atoms with Gasteiger partial charge in [0.05, 0.1) is 58.7 Å². The molecule has 2 heterocycles. The molecule has 6 rings (SSSR count). The number of carbonyl (C=O) groups is 3. The average molecular weight is 779 g/mol. The van der Waals surface area contributed by atoms with E-state index in [1.807, 2.05) is 0 Å². The molecular formula is C33H24F2N8O9S2. The number of amides is 2. The number of aromatic nitrogens is 4. The van der Waals surface area contributed by atoms with Crippen molar-refractivity contribution in [1.82, 2.24) is 19.6 Å². The van der Waals surface area contributed by atoms with E-state index in [4.69, 9.17) is 0 Å². The summed E-state index contributed by atoms with van der Waals surface area (Å²) in [6, 6.07) is 15.7. The lowest BCUT2D eigenvalue weighted by Crippen LogP contribution is -2.21. The van der Waals surface area contributed by atoms with Crippen LogP contribution < -0.4 is 20.1 Å². The first-order chi connectivity index (χ1) is 25.6. The number of carbonyl (C=O) groups excluding carboxylic acids is 1. The zero-order valence-corrected chi connectivity index (χ0v) is 28.6. The number of hydrogen-bond donors (Lipinski definition) is 6. The lowest BCUT2D eigenvalue weighted by molar-refractivity contribution is 0.0687. The number of anilines is 4. The van der Waals surface area contributed by atoms with Gasteiger partial charge in [-0.15, -0.1) is 0 Å². The van der Waals surface area contributed by atoms with Crippen molar-refractivity contribution in [2.24, 2.45) is 0 Å². The topological polar surface area (TPSA) is 244 Å². The second-order valence-corrected chi connectivity index (χ2v) is 14.5. The first kappa shape index (κ1) is 36.7. The fraction of sp³-hybridized carbons (Fsp3) is 0. The molecule has 0 aliphatic heterocycles. The van der Waals surface area contributed by atoms with Crippen LogP contribution in [0.1, 0.15) is 20.7 Å². The Balaban J connectivity index is 1.14. The van der Waals surface area contributed by atoms with Crippen LogP contribution in [0.25, 0.3) is 11.4 Å². The van der Waals surface area contributed by atoms with Crippen LogP contribution in [-0.4, -0.2) is 64.6 Å². The molecule has 0 aliphatic rings. The first-order valence-electron chi connectivity index (χ1n) is 15.1. The molecular weight excluding hydrogens is 755 g/mol. The van der Waals surface area contributed by atoms with Crippen molar-refractivity contribution in [2.75, 3.05) is 20.1 Å². The number of benzene rings is 4. The molecule has 0 spiro atoms. The summed E-state index contributed by atoms with van der Waals surface area (Å²) >= 11 is 0.